The Morgan fingerprint density at radius 1 is 1.33 bits per heavy atom. The van der Waals surface area contributed by atoms with Crippen LogP contribution in [0.15, 0.2) is 6.07 Å². The van der Waals surface area contributed by atoms with Crippen LogP contribution in [0.4, 0.5) is 11.6 Å². The number of anilines is 2. The van der Waals surface area contributed by atoms with Gasteiger partial charge in [-0.15, -0.1) is 0 Å². The molecule has 1 aliphatic carbocycles. The van der Waals surface area contributed by atoms with E-state index in [0.29, 0.717) is 27.6 Å². The fourth-order valence-electron chi connectivity index (χ4n) is 2.44. The van der Waals surface area contributed by atoms with Crippen molar-refractivity contribution < 1.29 is 0 Å². The third-order valence-electron chi connectivity index (χ3n) is 3.43. The molecule has 4 N–H and O–H groups in total. The molecular weight excluding hydrogens is 271 g/mol. The Balaban J connectivity index is 2.00. The summed E-state index contributed by atoms with van der Waals surface area (Å²) in [5.41, 5.74) is 2.46. The first-order valence-corrected chi connectivity index (χ1v) is 6.92. The van der Waals surface area contributed by atoms with E-state index in [9.17, 15) is 0 Å². The van der Waals surface area contributed by atoms with Crippen molar-refractivity contribution in [1.82, 2.24) is 4.98 Å². The first kappa shape index (κ1) is 13.7. The van der Waals surface area contributed by atoms with Crippen LogP contribution in [-0.4, -0.2) is 11.5 Å². The Hall–Kier alpha value is -0.710. The number of hydrogen-bond acceptors (Lipinski definition) is 4. The second-order valence-corrected chi connectivity index (χ2v) is 5.77. The highest BCUT2D eigenvalue weighted by Crippen LogP contribution is 2.32. The molecule has 1 fully saturated rings. The fourth-order valence-corrected chi connectivity index (χ4v) is 2.92. The van der Waals surface area contributed by atoms with E-state index < -0.39 is 0 Å². The summed E-state index contributed by atoms with van der Waals surface area (Å²) in [7, 11) is 0. The molecule has 1 aliphatic rings. The second kappa shape index (κ2) is 5.95. The molecule has 0 aromatic carbocycles. The van der Waals surface area contributed by atoms with Crippen LogP contribution in [0, 0.1) is 11.8 Å². The van der Waals surface area contributed by atoms with Gasteiger partial charge in [0.2, 0.25) is 0 Å². The number of rotatable bonds is 4. The lowest BCUT2D eigenvalue weighted by Gasteiger charge is -2.14. The Kier molecular flexibility index (Phi) is 4.54. The first-order valence-electron chi connectivity index (χ1n) is 6.16. The minimum absolute atomic E-state index is 0.419. The highest BCUT2D eigenvalue weighted by molar-refractivity contribution is 6.37. The maximum Gasteiger partial charge on any atom is 0.161 e. The van der Waals surface area contributed by atoms with E-state index >= 15 is 0 Å². The number of nitrogen functional groups attached to an aromatic ring is 1. The van der Waals surface area contributed by atoms with E-state index in [4.69, 9.17) is 29.0 Å². The Morgan fingerprint density at radius 2 is 2.06 bits per heavy atom. The van der Waals surface area contributed by atoms with Crippen LogP contribution in [0.5, 0.6) is 0 Å². The summed E-state index contributed by atoms with van der Waals surface area (Å²) in [5, 5.41) is 4.22. The monoisotopic (exact) mass is 288 g/mol. The van der Waals surface area contributed by atoms with Gasteiger partial charge in [-0.2, -0.15) is 0 Å². The Bertz CT molecular complexity index is 425. The predicted molar refractivity (Wildman–Crippen MR) is 77.1 cm³/mol. The van der Waals surface area contributed by atoms with Gasteiger partial charge in [0, 0.05) is 6.54 Å². The minimum Gasteiger partial charge on any atom is -0.368 e. The van der Waals surface area contributed by atoms with Crippen LogP contribution in [0.2, 0.25) is 10.0 Å². The molecule has 1 saturated carbocycles. The van der Waals surface area contributed by atoms with E-state index in [-0.39, 0.29) is 0 Å². The summed E-state index contributed by atoms with van der Waals surface area (Å²) in [6.07, 6.45) is 3.84. The van der Waals surface area contributed by atoms with Crippen molar-refractivity contribution in [2.45, 2.75) is 26.2 Å². The molecule has 6 heteroatoms. The van der Waals surface area contributed by atoms with Gasteiger partial charge in [0.15, 0.2) is 5.82 Å². The second-order valence-electron chi connectivity index (χ2n) is 4.96. The van der Waals surface area contributed by atoms with E-state index in [0.717, 1.165) is 12.5 Å². The number of hydrogen-bond donors (Lipinski definition) is 3. The van der Waals surface area contributed by atoms with Crippen LogP contribution in [0.3, 0.4) is 0 Å². The van der Waals surface area contributed by atoms with Gasteiger partial charge in [-0.1, -0.05) is 36.5 Å². The SMILES string of the molecule is CC1CCC(CNc2nc(NN)c(Cl)cc2Cl)C1. The lowest BCUT2D eigenvalue weighted by atomic mass is 10.1. The minimum atomic E-state index is 0.419. The molecule has 4 nitrogen and oxygen atoms in total. The maximum atomic E-state index is 6.09. The zero-order valence-electron chi connectivity index (χ0n) is 10.3. The quantitative estimate of drug-likeness (QED) is 0.586. The molecule has 1 aromatic rings. The molecule has 0 amide bonds. The van der Waals surface area contributed by atoms with Crippen LogP contribution in [0.25, 0.3) is 0 Å². The summed E-state index contributed by atoms with van der Waals surface area (Å²) >= 11 is 12.0. The molecule has 0 bridgehead atoms. The van der Waals surface area contributed by atoms with Gasteiger partial charge in [-0.3, -0.25) is 0 Å². The molecule has 0 spiro atoms. The molecule has 2 atom stereocenters. The van der Waals surface area contributed by atoms with Crippen molar-refractivity contribution >= 4 is 34.8 Å². The number of aromatic nitrogens is 1. The molecule has 0 aliphatic heterocycles. The van der Waals surface area contributed by atoms with E-state index in [2.05, 4.69) is 22.7 Å². The van der Waals surface area contributed by atoms with Crippen LogP contribution in [0.1, 0.15) is 26.2 Å². The average molecular weight is 289 g/mol. The normalized spacial score (nSPS) is 23.1. The number of hydrazine groups is 1. The molecule has 100 valence electrons. The number of nitrogens with one attached hydrogen (secondary N) is 2. The van der Waals surface area contributed by atoms with Gasteiger partial charge in [0.25, 0.3) is 0 Å². The van der Waals surface area contributed by atoms with Crippen molar-refractivity contribution in [2.24, 2.45) is 17.7 Å². The standard InChI is InChI=1S/C12H18Cl2N4/c1-7-2-3-8(4-7)6-16-11-9(13)5-10(14)12(17-11)18-15/h5,7-8H,2-4,6,15H2,1H3,(H2,16,17,18). The summed E-state index contributed by atoms with van der Waals surface area (Å²) in [6, 6.07) is 1.64. The molecule has 2 unspecified atom stereocenters. The van der Waals surface area contributed by atoms with Crippen LogP contribution >= 0.6 is 23.2 Å². The van der Waals surface area contributed by atoms with Gasteiger partial charge in [-0.05, 0) is 30.7 Å². The molecular formula is C12H18Cl2N4. The number of nitrogens with two attached hydrogens (primary N) is 1. The average Bonchev–Trinajstić information content (AvgIpc) is 2.74. The summed E-state index contributed by atoms with van der Waals surface area (Å²) in [5.74, 6) is 7.93. The van der Waals surface area contributed by atoms with Crippen molar-refractivity contribution in [3.63, 3.8) is 0 Å². The lowest BCUT2D eigenvalue weighted by molar-refractivity contribution is 0.536. The number of nitrogens with zero attached hydrogens (tertiary/aromatic N) is 1. The highest BCUT2D eigenvalue weighted by atomic mass is 35.5. The third-order valence-corrected chi connectivity index (χ3v) is 4.00. The van der Waals surface area contributed by atoms with Crippen molar-refractivity contribution in [3.8, 4) is 0 Å². The molecule has 0 saturated heterocycles. The van der Waals surface area contributed by atoms with Gasteiger partial charge >= 0.3 is 0 Å². The zero-order valence-corrected chi connectivity index (χ0v) is 11.9. The van der Waals surface area contributed by atoms with Crippen molar-refractivity contribution in [2.75, 3.05) is 17.3 Å². The van der Waals surface area contributed by atoms with Gasteiger partial charge in [0.05, 0.1) is 10.0 Å². The summed E-state index contributed by atoms with van der Waals surface area (Å²) in [4.78, 5) is 4.26. The van der Waals surface area contributed by atoms with E-state index in [1.165, 1.54) is 19.3 Å². The smallest absolute Gasteiger partial charge is 0.161 e. The summed E-state index contributed by atoms with van der Waals surface area (Å²) < 4.78 is 0. The van der Waals surface area contributed by atoms with Gasteiger partial charge in [0.1, 0.15) is 5.82 Å². The van der Waals surface area contributed by atoms with Crippen molar-refractivity contribution in [1.29, 1.82) is 0 Å². The highest BCUT2D eigenvalue weighted by Gasteiger charge is 2.21. The van der Waals surface area contributed by atoms with Crippen molar-refractivity contribution in [3.05, 3.63) is 16.1 Å². The Morgan fingerprint density at radius 3 is 2.67 bits per heavy atom. The fraction of sp³-hybridized carbons (Fsp3) is 0.583. The van der Waals surface area contributed by atoms with Gasteiger partial charge in [-0.25, -0.2) is 10.8 Å². The molecule has 18 heavy (non-hydrogen) atoms. The number of pyridine rings is 1. The Labute approximate surface area is 117 Å². The summed E-state index contributed by atoms with van der Waals surface area (Å²) in [6.45, 7) is 3.19. The lowest BCUT2D eigenvalue weighted by Crippen LogP contribution is -2.15. The number of halogens is 2. The van der Waals surface area contributed by atoms with E-state index in [1.807, 2.05) is 0 Å². The van der Waals surface area contributed by atoms with Gasteiger partial charge < -0.3 is 10.7 Å². The third kappa shape index (κ3) is 3.19. The largest absolute Gasteiger partial charge is 0.368 e. The molecule has 1 heterocycles. The van der Waals surface area contributed by atoms with E-state index in [1.54, 1.807) is 6.07 Å². The van der Waals surface area contributed by atoms with Crippen LogP contribution < -0.4 is 16.6 Å². The topological polar surface area (TPSA) is 63.0 Å². The zero-order chi connectivity index (χ0) is 13.1. The first-order chi connectivity index (χ1) is 8.60. The molecule has 1 aromatic heterocycles. The van der Waals surface area contributed by atoms with Crippen LogP contribution in [-0.2, 0) is 0 Å². The predicted octanol–water partition coefficient (Wildman–Crippen LogP) is 3.52. The molecule has 2 rings (SSSR count). The maximum absolute atomic E-state index is 6.09. The molecule has 0 radical (unpaired) electrons.